The Hall–Kier alpha value is -2.24. The molecule has 35 heavy (non-hydrogen) atoms. The van der Waals surface area contributed by atoms with Crippen LogP contribution in [0.1, 0.15) is 13.8 Å². The van der Waals surface area contributed by atoms with Crippen molar-refractivity contribution < 1.29 is 16.8 Å². The lowest BCUT2D eigenvalue weighted by atomic mass is 10.3. The highest BCUT2D eigenvalue weighted by atomic mass is 35.5. The number of hydrogen-bond donors (Lipinski definition) is 2. The minimum atomic E-state index is -3.82. The van der Waals surface area contributed by atoms with Gasteiger partial charge in [0.05, 0.1) is 4.90 Å². The lowest BCUT2D eigenvalue weighted by molar-refractivity contribution is 0.324. The lowest BCUT2D eigenvalue weighted by Crippen LogP contribution is -2.25. The zero-order valence-corrected chi connectivity index (χ0v) is 22.8. The van der Waals surface area contributed by atoms with Gasteiger partial charge in [-0.2, -0.15) is 0 Å². The van der Waals surface area contributed by atoms with E-state index in [-0.39, 0.29) is 22.2 Å². The first-order chi connectivity index (χ1) is 16.2. The maximum Gasteiger partial charge on any atom is 0.263 e. The molecule has 0 saturated carbocycles. The molecule has 0 heterocycles. The number of halogens is 1. The van der Waals surface area contributed by atoms with Crippen LogP contribution >= 0.6 is 24.2 Å². The van der Waals surface area contributed by atoms with Crippen molar-refractivity contribution in [3.05, 3.63) is 78.9 Å². The van der Waals surface area contributed by atoms with Crippen molar-refractivity contribution >= 4 is 55.6 Å². The second-order valence-electron chi connectivity index (χ2n) is 7.42. The van der Waals surface area contributed by atoms with Crippen molar-refractivity contribution in [2.45, 2.75) is 28.5 Å². The topological polar surface area (TPSA) is 95.6 Å². The van der Waals surface area contributed by atoms with Gasteiger partial charge in [0.1, 0.15) is 4.90 Å². The van der Waals surface area contributed by atoms with E-state index in [9.17, 15) is 16.8 Å². The summed E-state index contributed by atoms with van der Waals surface area (Å²) < 4.78 is 56.2. The second kappa shape index (κ2) is 13.2. The maximum absolute atomic E-state index is 13.1. The average molecular weight is 556 g/mol. The number of benzene rings is 3. The van der Waals surface area contributed by atoms with Gasteiger partial charge >= 0.3 is 0 Å². The molecule has 11 heteroatoms. The third kappa shape index (κ3) is 8.15. The highest BCUT2D eigenvalue weighted by Crippen LogP contribution is 2.28. The zero-order valence-electron chi connectivity index (χ0n) is 19.5. The Labute approximate surface area is 218 Å². The fourth-order valence-corrected chi connectivity index (χ4v) is 6.93. The largest absolute Gasteiger partial charge is 0.303 e. The van der Waals surface area contributed by atoms with E-state index >= 15 is 0 Å². The first-order valence-electron chi connectivity index (χ1n) is 10.9. The Balaban J connectivity index is 0.00000432. The number of hydrogen-bond acceptors (Lipinski definition) is 6. The van der Waals surface area contributed by atoms with E-state index in [0.717, 1.165) is 25.4 Å². The van der Waals surface area contributed by atoms with Crippen LogP contribution in [0.15, 0.2) is 93.5 Å². The molecule has 3 aromatic rings. The SMILES string of the molecule is CCN(CC)CCSc1ccccc1S(=O)(=O)Nc1ccc(NS(=O)(=O)c2ccccc2)cc1.Cl. The van der Waals surface area contributed by atoms with Crippen LogP contribution in [0, 0.1) is 0 Å². The van der Waals surface area contributed by atoms with Gasteiger partial charge in [0, 0.05) is 28.6 Å². The van der Waals surface area contributed by atoms with Crippen LogP contribution in [-0.2, 0) is 20.0 Å². The standard InChI is InChI=1S/C24H29N3O4S3.ClH/c1-3-27(4-2)18-19-32-23-12-8-9-13-24(23)34(30,31)26-21-16-14-20(15-17-21)25-33(28,29)22-10-6-5-7-11-22;/h5-17,25-26H,3-4,18-19H2,1-2H3;1H. The van der Waals surface area contributed by atoms with Crippen LogP contribution < -0.4 is 9.44 Å². The number of rotatable bonds is 12. The molecule has 3 rings (SSSR count). The molecule has 0 spiro atoms. The van der Waals surface area contributed by atoms with Crippen molar-refractivity contribution in [2.75, 3.05) is 34.8 Å². The molecule has 0 bridgehead atoms. The average Bonchev–Trinajstić information content (AvgIpc) is 2.83. The summed E-state index contributed by atoms with van der Waals surface area (Å²) >= 11 is 1.51. The van der Waals surface area contributed by atoms with Crippen LogP contribution in [0.5, 0.6) is 0 Å². The summed E-state index contributed by atoms with van der Waals surface area (Å²) in [5.41, 5.74) is 0.671. The van der Waals surface area contributed by atoms with Gasteiger partial charge in [-0.1, -0.05) is 44.2 Å². The van der Waals surface area contributed by atoms with E-state index in [1.54, 1.807) is 30.3 Å². The normalized spacial score (nSPS) is 11.6. The van der Waals surface area contributed by atoms with E-state index in [2.05, 4.69) is 28.2 Å². The molecule has 0 fully saturated rings. The molecule has 0 radical (unpaired) electrons. The highest BCUT2D eigenvalue weighted by molar-refractivity contribution is 8.00. The second-order valence-corrected chi connectivity index (χ2v) is 11.9. The molecule has 7 nitrogen and oxygen atoms in total. The summed E-state index contributed by atoms with van der Waals surface area (Å²) in [5.74, 6) is 0.782. The summed E-state index contributed by atoms with van der Waals surface area (Å²) in [5, 5.41) is 0. The van der Waals surface area contributed by atoms with Gasteiger partial charge in [-0.05, 0) is 61.6 Å². The van der Waals surface area contributed by atoms with Crippen LogP contribution in [-0.4, -0.2) is 47.1 Å². The zero-order chi connectivity index (χ0) is 24.6. The molecule has 2 N–H and O–H groups in total. The van der Waals surface area contributed by atoms with Gasteiger partial charge in [0.2, 0.25) is 0 Å². The van der Waals surface area contributed by atoms with Crippen molar-refractivity contribution in [2.24, 2.45) is 0 Å². The Morgan fingerprint density at radius 1 is 0.714 bits per heavy atom. The summed E-state index contributed by atoms with van der Waals surface area (Å²) in [6.07, 6.45) is 0. The van der Waals surface area contributed by atoms with Crippen LogP contribution in [0.2, 0.25) is 0 Å². The van der Waals surface area contributed by atoms with E-state index in [1.165, 1.54) is 48.2 Å². The van der Waals surface area contributed by atoms with E-state index in [4.69, 9.17) is 0 Å². The van der Waals surface area contributed by atoms with Gasteiger partial charge in [-0.15, -0.1) is 24.2 Å². The molecular formula is C24H30ClN3O4S3. The van der Waals surface area contributed by atoms with Crippen molar-refractivity contribution in [1.82, 2.24) is 4.90 Å². The summed E-state index contributed by atoms with van der Waals surface area (Å²) in [6.45, 7) is 6.99. The molecular weight excluding hydrogens is 526 g/mol. The monoisotopic (exact) mass is 555 g/mol. The van der Waals surface area contributed by atoms with Gasteiger partial charge in [-0.25, -0.2) is 16.8 Å². The van der Waals surface area contributed by atoms with E-state index < -0.39 is 20.0 Å². The first kappa shape index (κ1) is 29.0. The van der Waals surface area contributed by atoms with Crippen LogP contribution in [0.25, 0.3) is 0 Å². The summed E-state index contributed by atoms with van der Waals surface area (Å²) in [4.78, 5) is 3.34. The molecule has 190 valence electrons. The Kier molecular flexibility index (Phi) is 10.9. The Morgan fingerprint density at radius 3 is 1.80 bits per heavy atom. The molecule has 0 aliphatic heterocycles. The summed E-state index contributed by atoms with van der Waals surface area (Å²) in [7, 11) is -7.54. The van der Waals surface area contributed by atoms with E-state index in [1.807, 2.05) is 12.1 Å². The molecule has 0 unspecified atom stereocenters. The number of anilines is 2. The predicted octanol–water partition coefficient (Wildman–Crippen LogP) is 5.14. The third-order valence-corrected chi connectivity index (χ3v) is 9.16. The lowest BCUT2D eigenvalue weighted by Gasteiger charge is -2.18. The first-order valence-corrected chi connectivity index (χ1v) is 14.9. The number of nitrogens with one attached hydrogen (secondary N) is 2. The third-order valence-electron chi connectivity index (χ3n) is 5.14. The smallest absolute Gasteiger partial charge is 0.263 e. The Bertz CT molecular complexity index is 1280. The number of thioether (sulfide) groups is 1. The van der Waals surface area contributed by atoms with E-state index in [0.29, 0.717) is 16.3 Å². The van der Waals surface area contributed by atoms with Crippen molar-refractivity contribution in [1.29, 1.82) is 0 Å². The molecule has 3 aromatic carbocycles. The predicted molar refractivity (Wildman–Crippen MR) is 147 cm³/mol. The fourth-order valence-electron chi connectivity index (χ4n) is 3.25. The highest BCUT2D eigenvalue weighted by Gasteiger charge is 2.19. The molecule has 0 aliphatic rings. The summed E-state index contributed by atoms with van der Waals surface area (Å²) in [6, 6.07) is 21.0. The number of sulfonamides is 2. The maximum atomic E-state index is 13.1. The minimum absolute atomic E-state index is 0. The molecule has 0 atom stereocenters. The van der Waals surface area contributed by atoms with Crippen LogP contribution in [0.4, 0.5) is 11.4 Å². The molecule has 0 aromatic heterocycles. The van der Waals surface area contributed by atoms with Gasteiger partial charge in [-0.3, -0.25) is 9.44 Å². The van der Waals surface area contributed by atoms with Gasteiger partial charge < -0.3 is 4.90 Å². The quantitative estimate of drug-likeness (QED) is 0.300. The molecule has 0 aliphatic carbocycles. The Morgan fingerprint density at radius 2 is 1.23 bits per heavy atom. The molecule has 0 amide bonds. The minimum Gasteiger partial charge on any atom is -0.303 e. The van der Waals surface area contributed by atoms with Crippen molar-refractivity contribution in [3.63, 3.8) is 0 Å². The van der Waals surface area contributed by atoms with Gasteiger partial charge in [0.15, 0.2) is 0 Å². The van der Waals surface area contributed by atoms with Crippen LogP contribution in [0.3, 0.4) is 0 Å². The number of nitrogens with zero attached hydrogens (tertiary/aromatic N) is 1. The van der Waals surface area contributed by atoms with Crippen molar-refractivity contribution in [3.8, 4) is 0 Å². The fraction of sp³-hybridized carbons (Fsp3) is 0.250. The molecule has 0 saturated heterocycles. The van der Waals surface area contributed by atoms with Gasteiger partial charge in [0.25, 0.3) is 20.0 Å².